The highest BCUT2D eigenvalue weighted by atomic mass is 79.9. The van der Waals surface area contributed by atoms with Crippen LogP contribution in [0.25, 0.3) is 0 Å². The summed E-state index contributed by atoms with van der Waals surface area (Å²) < 4.78 is 18.9. The summed E-state index contributed by atoms with van der Waals surface area (Å²) in [5, 5.41) is 0. The summed E-state index contributed by atoms with van der Waals surface area (Å²) in [4.78, 5) is 0. The topological polar surface area (TPSA) is 27.7 Å². The largest absolute Gasteiger partial charge is 0.496 e. The third-order valence-corrected chi connectivity index (χ3v) is 4.99. The molecule has 0 atom stereocenters. The SMILES string of the molecule is CC1(C)OB(c2ccc(OC3CC3)cc2Br)OC1(C)C. The molecule has 2 fully saturated rings. The minimum atomic E-state index is -0.343. The maximum absolute atomic E-state index is 6.07. The van der Waals surface area contributed by atoms with Crippen LogP contribution in [0.5, 0.6) is 5.75 Å². The van der Waals surface area contributed by atoms with Gasteiger partial charge >= 0.3 is 7.12 Å². The Labute approximate surface area is 129 Å². The minimum Gasteiger partial charge on any atom is -0.490 e. The van der Waals surface area contributed by atoms with Crippen molar-refractivity contribution in [3.63, 3.8) is 0 Å². The highest BCUT2D eigenvalue weighted by molar-refractivity contribution is 9.10. The molecule has 2 aliphatic rings. The van der Waals surface area contributed by atoms with Gasteiger partial charge in [0.05, 0.1) is 17.3 Å². The molecule has 0 aromatic heterocycles. The first-order chi connectivity index (χ1) is 9.28. The summed E-state index contributed by atoms with van der Waals surface area (Å²) >= 11 is 3.60. The highest BCUT2D eigenvalue weighted by Crippen LogP contribution is 2.37. The molecule has 1 aromatic rings. The summed E-state index contributed by atoms with van der Waals surface area (Å²) in [6, 6.07) is 6.01. The van der Waals surface area contributed by atoms with Gasteiger partial charge in [0.25, 0.3) is 0 Å². The Balaban J connectivity index is 1.80. The zero-order valence-corrected chi connectivity index (χ0v) is 14.0. The Bertz CT molecular complexity index is 510. The lowest BCUT2D eigenvalue weighted by Crippen LogP contribution is -2.41. The second-order valence-corrected chi connectivity index (χ2v) is 7.44. The van der Waals surface area contributed by atoms with Gasteiger partial charge in [-0.15, -0.1) is 0 Å². The van der Waals surface area contributed by atoms with Crippen molar-refractivity contribution in [1.82, 2.24) is 0 Å². The number of hydrogen-bond donors (Lipinski definition) is 0. The molecule has 108 valence electrons. The van der Waals surface area contributed by atoms with Gasteiger partial charge in [0.1, 0.15) is 5.75 Å². The van der Waals surface area contributed by atoms with Crippen LogP contribution in [0.15, 0.2) is 22.7 Å². The minimum absolute atomic E-state index is 0.319. The second kappa shape index (κ2) is 4.75. The normalized spacial score (nSPS) is 23.9. The molecule has 0 amide bonds. The van der Waals surface area contributed by atoms with Crippen molar-refractivity contribution in [2.75, 3.05) is 0 Å². The molecule has 5 heteroatoms. The molecule has 1 aliphatic carbocycles. The van der Waals surface area contributed by atoms with E-state index >= 15 is 0 Å². The third-order valence-electron chi connectivity index (χ3n) is 4.31. The third kappa shape index (κ3) is 2.63. The molecular weight excluding hydrogens is 319 g/mol. The lowest BCUT2D eigenvalue weighted by atomic mass is 9.79. The zero-order chi connectivity index (χ0) is 14.5. The Morgan fingerprint density at radius 3 is 2.25 bits per heavy atom. The van der Waals surface area contributed by atoms with Gasteiger partial charge in [-0.2, -0.15) is 0 Å². The molecule has 1 aromatic carbocycles. The smallest absolute Gasteiger partial charge is 0.490 e. The monoisotopic (exact) mass is 338 g/mol. The van der Waals surface area contributed by atoms with Gasteiger partial charge in [-0.25, -0.2) is 0 Å². The Kier molecular flexibility index (Phi) is 3.43. The van der Waals surface area contributed by atoms with Crippen LogP contribution in [0.4, 0.5) is 0 Å². The van der Waals surface area contributed by atoms with E-state index in [1.807, 2.05) is 18.2 Å². The Morgan fingerprint density at radius 2 is 1.75 bits per heavy atom. The molecule has 0 unspecified atom stereocenters. The molecule has 3 rings (SSSR count). The van der Waals surface area contributed by atoms with Crippen molar-refractivity contribution in [3.8, 4) is 5.75 Å². The number of benzene rings is 1. The van der Waals surface area contributed by atoms with Crippen LogP contribution in [0.3, 0.4) is 0 Å². The first-order valence-corrected chi connectivity index (χ1v) is 7.89. The van der Waals surface area contributed by atoms with Gasteiger partial charge in [0.15, 0.2) is 0 Å². The Hall–Kier alpha value is -0.515. The van der Waals surface area contributed by atoms with Gasteiger partial charge in [-0.05, 0) is 58.1 Å². The molecule has 1 aliphatic heterocycles. The van der Waals surface area contributed by atoms with Crippen LogP contribution < -0.4 is 10.2 Å². The fraction of sp³-hybridized carbons (Fsp3) is 0.600. The van der Waals surface area contributed by atoms with Crippen LogP contribution in [0.1, 0.15) is 40.5 Å². The molecule has 0 spiro atoms. The summed E-state index contributed by atoms with van der Waals surface area (Å²) in [7, 11) is -0.343. The summed E-state index contributed by atoms with van der Waals surface area (Å²) in [6.45, 7) is 8.24. The second-order valence-electron chi connectivity index (χ2n) is 6.59. The van der Waals surface area contributed by atoms with Crippen LogP contribution in [0.2, 0.25) is 0 Å². The maximum atomic E-state index is 6.07. The van der Waals surface area contributed by atoms with E-state index in [9.17, 15) is 0 Å². The maximum Gasteiger partial charge on any atom is 0.496 e. The zero-order valence-electron chi connectivity index (χ0n) is 12.4. The van der Waals surface area contributed by atoms with E-state index < -0.39 is 0 Å². The van der Waals surface area contributed by atoms with Crippen molar-refractivity contribution < 1.29 is 14.0 Å². The van der Waals surface area contributed by atoms with Crippen LogP contribution in [0, 0.1) is 0 Å². The molecule has 1 heterocycles. The molecule has 20 heavy (non-hydrogen) atoms. The van der Waals surface area contributed by atoms with E-state index in [1.165, 1.54) is 0 Å². The molecule has 0 N–H and O–H groups in total. The summed E-state index contributed by atoms with van der Waals surface area (Å²) in [5.41, 5.74) is 0.368. The first kappa shape index (κ1) is 14.4. The fourth-order valence-electron chi connectivity index (χ4n) is 2.12. The van der Waals surface area contributed by atoms with E-state index in [1.54, 1.807) is 0 Å². The van der Waals surface area contributed by atoms with E-state index in [0.717, 1.165) is 28.5 Å². The molecule has 1 saturated carbocycles. The van der Waals surface area contributed by atoms with E-state index in [2.05, 4.69) is 43.6 Å². The molecule has 3 nitrogen and oxygen atoms in total. The van der Waals surface area contributed by atoms with Crippen LogP contribution in [-0.4, -0.2) is 24.4 Å². The molecule has 1 saturated heterocycles. The lowest BCUT2D eigenvalue weighted by Gasteiger charge is -2.32. The van der Waals surface area contributed by atoms with Crippen LogP contribution in [-0.2, 0) is 9.31 Å². The van der Waals surface area contributed by atoms with Gasteiger partial charge in [0.2, 0.25) is 0 Å². The van der Waals surface area contributed by atoms with E-state index in [-0.39, 0.29) is 18.3 Å². The average molecular weight is 339 g/mol. The van der Waals surface area contributed by atoms with Crippen molar-refractivity contribution in [3.05, 3.63) is 22.7 Å². The predicted molar refractivity (Wildman–Crippen MR) is 83.5 cm³/mol. The fourth-order valence-corrected chi connectivity index (χ4v) is 2.67. The highest BCUT2D eigenvalue weighted by Gasteiger charge is 2.52. The van der Waals surface area contributed by atoms with Gasteiger partial charge in [0, 0.05) is 4.47 Å². The average Bonchev–Trinajstić information content (AvgIpc) is 3.07. The van der Waals surface area contributed by atoms with Gasteiger partial charge in [-0.1, -0.05) is 22.0 Å². The van der Waals surface area contributed by atoms with Crippen molar-refractivity contribution in [1.29, 1.82) is 0 Å². The van der Waals surface area contributed by atoms with Gasteiger partial charge in [-0.3, -0.25) is 0 Å². The number of rotatable bonds is 3. The summed E-state index contributed by atoms with van der Waals surface area (Å²) in [6.07, 6.45) is 2.73. The number of halogens is 1. The molecule has 0 radical (unpaired) electrons. The van der Waals surface area contributed by atoms with E-state index in [0.29, 0.717) is 6.10 Å². The van der Waals surface area contributed by atoms with Crippen molar-refractivity contribution >= 4 is 28.5 Å². The number of hydrogen-bond acceptors (Lipinski definition) is 3. The predicted octanol–water partition coefficient (Wildman–Crippen LogP) is 3.29. The van der Waals surface area contributed by atoms with Crippen molar-refractivity contribution in [2.24, 2.45) is 0 Å². The first-order valence-electron chi connectivity index (χ1n) is 7.10. The standard InChI is InChI=1S/C15H20BBrO3/c1-14(2)15(3,4)20-16(19-14)12-8-7-11(9-13(12)17)18-10-5-6-10/h7-10H,5-6H2,1-4H3. The van der Waals surface area contributed by atoms with Gasteiger partial charge < -0.3 is 14.0 Å². The Morgan fingerprint density at radius 1 is 1.15 bits per heavy atom. The van der Waals surface area contributed by atoms with E-state index in [4.69, 9.17) is 14.0 Å². The molecule has 0 bridgehead atoms. The summed E-state index contributed by atoms with van der Waals surface area (Å²) in [5.74, 6) is 0.902. The van der Waals surface area contributed by atoms with Crippen molar-refractivity contribution in [2.45, 2.75) is 57.8 Å². The quantitative estimate of drug-likeness (QED) is 0.791. The lowest BCUT2D eigenvalue weighted by molar-refractivity contribution is 0.00578. The molecular formula is C15H20BBrO3. The number of ether oxygens (including phenoxy) is 1. The van der Waals surface area contributed by atoms with Crippen LogP contribution >= 0.6 is 15.9 Å².